The maximum atomic E-state index is 5.07. The second-order valence-corrected chi connectivity index (χ2v) is 13.5. The molecule has 0 spiro atoms. The molecule has 9 aromatic carbocycles. The van der Waals surface area contributed by atoms with Crippen LogP contribution >= 0.6 is 0 Å². The van der Waals surface area contributed by atoms with Gasteiger partial charge < -0.3 is 0 Å². The fourth-order valence-corrected chi connectivity index (χ4v) is 8.00. The monoisotopic (exact) mass is 674 g/mol. The second kappa shape index (κ2) is 12.9. The van der Waals surface area contributed by atoms with Crippen molar-refractivity contribution in [3.63, 3.8) is 0 Å². The van der Waals surface area contributed by atoms with Crippen molar-refractivity contribution in [2.24, 2.45) is 0 Å². The van der Waals surface area contributed by atoms with Gasteiger partial charge in [-0.3, -0.25) is 4.57 Å². The first-order valence-corrected chi connectivity index (χ1v) is 18.1. The van der Waals surface area contributed by atoms with E-state index in [2.05, 4.69) is 205 Å². The highest BCUT2D eigenvalue weighted by molar-refractivity contribution is 6.22. The summed E-state index contributed by atoms with van der Waals surface area (Å²) in [6.45, 7) is 0. The van der Waals surface area contributed by atoms with E-state index in [1.165, 1.54) is 66.1 Å². The zero-order valence-electron chi connectivity index (χ0n) is 29.0. The lowest BCUT2D eigenvalue weighted by molar-refractivity contribution is 1.10. The zero-order chi connectivity index (χ0) is 35.1. The molecule has 0 aliphatic carbocycles. The van der Waals surface area contributed by atoms with Crippen LogP contribution < -0.4 is 0 Å². The van der Waals surface area contributed by atoms with Crippen molar-refractivity contribution in [1.82, 2.24) is 9.55 Å². The average molecular weight is 675 g/mol. The van der Waals surface area contributed by atoms with E-state index in [1.807, 2.05) is 6.07 Å². The number of nitrogens with zero attached hydrogens (tertiary/aromatic N) is 2. The van der Waals surface area contributed by atoms with Crippen molar-refractivity contribution in [3.8, 4) is 61.6 Å². The Balaban J connectivity index is 1.13. The molecule has 2 heteroatoms. The van der Waals surface area contributed by atoms with E-state index >= 15 is 0 Å². The van der Waals surface area contributed by atoms with E-state index in [-0.39, 0.29) is 0 Å². The third kappa shape index (κ3) is 5.32. The van der Waals surface area contributed by atoms with Gasteiger partial charge in [-0.2, -0.15) is 0 Å². The molecule has 0 unspecified atom stereocenters. The highest BCUT2D eigenvalue weighted by Gasteiger charge is 2.20. The summed E-state index contributed by atoms with van der Waals surface area (Å²) in [6.07, 6.45) is 0. The Morgan fingerprint density at radius 2 is 0.755 bits per heavy atom. The molecule has 10 rings (SSSR count). The molecule has 53 heavy (non-hydrogen) atoms. The summed E-state index contributed by atoms with van der Waals surface area (Å²) in [5.74, 6) is 0.938. The van der Waals surface area contributed by atoms with Crippen molar-refractivity contribution in [3.05, 3.63) is 206 Å². The fourth-order valence-electron chi connectivity index (χ4n) is 8.00. The SMILES string of the molecule is c1ccc(-c2ccc(-c3ccccc3-c3c4ccccc4c(-c4ccc(-n5c(-c6ccccc6)nc6ccccc65)cc4)c4ccccc34)cc2)cc1. The van der Waals surface area contributed by atoms with E-state index in [0.29, 0.717) is 0 Å². The number of fused-ring (bicyclic) bond motifs is 3. The number of benzene rings is 9. The summed E-state index contributed by atoms with van der Waals surface area (Å²) in [5.41, 5.74) is 14.0. The zero-order valence-corrected chi connectivity index (χ0v) is 29.0. The molecule has 0 saturated heterocycles. The maximum Gasteiger partial charge on any atom is 0.145 e. The maximum absolute atomic E-state index is 5.07. The molecule has 0 N–H and O–H groups in total. The van der Waals surface area contributed by atoms with E-state index < -0.39 is 0 Å². The van der Waals surface area contributed by atoms with Crippen LogP contribution in [0.5, 0.6) is 0 Å². The van der Waals surface area contributed by atoms with Gasteiger partial charge in [-0.1, -0.05) is 182 Å². The van der Waals surface area contributed by atoms with Crippen molar-refractivity contribution in [2.45, 2.75) is 0 Å². The van der Waals surface area contributed by atoms with Crippen molar-refractivity contribution in [1.29, 1.82) is 0 Å². The summed E-state index contributed by atoms with van der Waals surface area (Å²) < 4.78 is 2.27. The Labute approximate surface area is 308 Å². The molecular formula is C51H34N2. The van der Waals surface area contributed by atoms with E-state index in [4.69, 9.17) is 4.98 Å². The van der Waals surface area contributed by atoms with Gasteiger partial charge in [0.25, 0.3) is 0 Å². The standard InChI is InChI=1S/C51H34N2/c1-3-15-35(16-4-1)36-27-29-37(30-28-36)41-19-7-8-20-42(41)50-45-23-11-9-21-43(45)49(44-22-10-12-24-46(44)50)38-31-33-40(34-32-38)53-48-26-14-13-25-47(48)52-51(53)39-17-5-2-6-18-39/h1-34H. The van der Waals surface area contributed by atoms with Crippen LogP contribution in [0.15, 0.2) is 206 Å². The minimum absolute atomic E-state index is 0.938. The molecule has 1 aromatic heterocycles. The predicted octanol–water partition coefficient (Wildman–Crippen LogP) is 13.7. The Morgan fingerprint density at radius 1 is 0.302 bits per heavy atom. The highest BCUT2D eigenvalue weighted by Crippen LogP contribution is 2.46. The van der Waals surface area contributed by atoms with E-state index in [0.717, 1.165) is 28.1 Å². The first-order valence-electron chi connectivity index (χ1n) is 18.1. The van der Waals surface area contributed by atoms with Gasteiger partial charge in [0.1, 0.15) is 5.82 Å². The molecule has 248 valence electrons. The van der Waals surface area contributed by atoms with Gasteiger partial charge >= 0.3 is 0 Å². The van der Waals surface area contributed by atoms with Gasteiger partial charge in [0.05, 0.1) is 11.0 Å². The van der Waals surface area contributed by atoms with Gasteiger partial charge in [-0.05, 0) is 90.3 Å². The smallest absolute Gasteiger partial charge is 0.145 e. The van der Waals surface area contributed by atoms with Crippen LogP contribution in [0.3, 0.4) is 0 Å². The third-order valence-corrected chi connectivity index (χ3v) is 10.4. The van der Waals surface area contributed by atoms with Crippen LogP contribution in [0.4, 0.5) is 0 Å². The van der Waals surface area contributed by atoms with Gasteiger partial charge in [0, 0.05) is 11.3 Å². The topological polar surface area (TPSA) is 17.8 Å². The molecule has 10 aromatic rings. The molecule has 0 bridgehead atoms. The normalized spacial score (nSPS) is 11.4. The number of imidazole rings is 1. The summed E-state index contributed by atoms with van der Waals surface area (Å²) in [6, 6.07) is 74.1. The first-order chi connectivity index (χ1) is 26.3. The van der Waals surface area contributed by atoms with Gasteiger partial charge in [-0.15, -0.1) is 0 Å². The minimum atomic E-state index is 0.938. The minimum Gasteiger partial charge on any atom is -0.292 e. The highest BCUT2D eigenvalue weighted by atomic mass is 15.1. The molecule has 0 aliphatic heterocycles. The van der Waals surface area contributed by atoms with E-state index in [9.17, 15) is 0 Å². The Morgan fingerprint density at radius 3 is 1.40 bits per heavy atom. The van der Waals surface area contributed by atoms with Crippen LogP contribution in [0.1, 0.15) is 0 Å². The van der Waals surface area contributed by atoms with Crippen molar-refractivity contribution < 1.29 is 0 Å². The van der Waals surface area contributed by atoms with Crippen LogP contribution in [-0.2, 0) is 0 Å². The molecule has 0 aliphatic rings. The summed E-state index contributed by atoms with van der Waals surface area (Å²) in [5, 5.41) is 4.96. The summed E-state index contributed by atoms with van der Waals surface area (Å²) >= 11 is 0. The summed E-state index contributed by atoms with van der Waals surface area (Å²) in [7, 11) is 0. The molecule has 1 heterocycles. The Hall–Kier alpha value is -7.03. The van der Waals surface area contributed by atoms with Crippen LogP contribution in [0.25, 0.3) is 94.2 Å². The number of hydrogen-bond acceptors (Lipinski definition) is 1. The molecule has 0 atom stereocenters. The molecule has 0 fully saturated rings. The Bertz CT molecular complexity index is 2850. The van der Waals surface area contributed by atoms with Gasteiger partial charge in [0.2, 0.25) is 0 Å². The van der Waals surface area contributed by atoms with Gasteiger partial charge in [0.15, 0.2) is 0 Å². The predicted molar refractivity (Wildman–Crippen MR) is 223 cm³/mol. The van der Waals surface area contributed by atoms with E-state index in [1.54, 1.807) is 0 Å². The number of rotatable bonds is 6. The van der Waals surface area contributed by atoms with Crippen molar-refractivity contribution in [2.75, 3.05) is 0 Å². The average Bonchev–Trinajstić information content (AvgIpc) is 3.63. The quantitative estimate of drug-likeness (QED) is 0.161. The van der Waals surface area contributed by atoms with Gasteiger partial charge in [-0.25, -0.2) is 4.98 Å². The van der Waals surface area contributed by atoms with Crippen LogP contribution in [0.2, 0.25) is 0 Å². The lowest BCUT2D eigenvalue weighted by Gasteiger charge is -2.20. The molecule has 2 nitrogen and oxygen atoms in total. The largest absolute Gasteiger partial charge is 0.292 e. The van der Waals surface area contributed by atoms with Crippen LogP contribution in [-0.4, -0.2) is 9.55 Å². The number of aromatic nitrogens is 2. The fraction of sp³-hybridized carbons (Fsp3) is 0. The molecule has 0 saturated carbocycles. The van der Waals surface area contributed by atoms with Crippen molar-refractivity contribution >= 4 is 32.6 Å². The number of para-hydroxylation sites is 2. The third-order valence-electron chi connectivity index (χ3n) is 10.4. The molecule has 0 radical (unpaired) electrons. The first kappa shape index (κ1) is 30.8. The Kier molecular flexibility index (Phi) is 7.51. The lowest BCUT2D eigenvalue weighted by atomic mass is 9.83. The molecule has 0 amide bonds. The number of hydrogen-bond donors (Lipinski definition) is 0. The lowest BCUT2D eigenvalue weighted by Crippen LogP contribution is -1.98. The molecular weight excluding hydrogens is 641 g/mol. The summed E-state index contributed by atoms with van der Waals surface area (Å²) in [4.78, 5) is 5.07. The second-order valence-electron chi connectivity index (χ2n) is 13.5. The van der Waals surface area contributed by atoms with Crippen LogP contribution in [0, 0.1) is 0 Å².